The van der Waals surface area contributed by atoms with Gasteiger partial charge in [0.1, 0.15) is 6.61 Å². The number of carbonyl (C=O) groups is 2. The molecule has 0 saturated carbocycles. The molecule has 0 bridgehead atoms. The topological polar surface area (TPSA) is 68.4 Å². The van der Waals surface area contributed by atoms with Crippen molar-refractivity contribution in [1.29, 1.82) is 0 Å². The number of rotatable bonds is 20. The zero-order valence-electron chi connectivity index (χ0n) is 23.8. The predicted octanol–water partition coefficient (Wildman–Crippen LogP) is 10.3. The van der Waals surface area contributed by atoms with Gasteiger partial charge < -0.3 is 14.5 Å². The maximum atomic E-state index is 13.2. The normalized spacial score (nSPS) is 11.1. The van der Waals surface area contributed by atoms with Gasteiger partial charge in [-0.1, -0.05) is 145 Å². The fourth-order valence-electron chi connectivity index (χ4n) is 5.08. The number of benzene rings is 2. The van der Waals surface area contributed by atoms with Crippen LogP contribution in [0.1, 0.15) is 126 Å². The lowest BCUT2D eigenvalue weighted by atomic mass is 10.0. The predicted molar refractivity (Wildman–Crippen MR) is 159 cm³/mol. The summed E-state index contributed by atoms with van der Waals surface area (Å²) in [5, 5.41) is 0.773. The number of aromatic amines is 1. The minimum atomic E-state index is -0.827. The van der Waals surface area contributed by atoms with Crippen molar-refractivity contribution < 1.29 is 19.1 Å². The zero-order valence-corrected chi connectivity index (χ0v) is 23.8. The number of carbonyl (C=O) groups excluding carboxylic acids is 2. The highest BCUT2D eigenvalue weighted by Gasteiger charge is 2.22. The van der Waals surface area contributed by atoms with E-state index in [-0.39, 0.29) is 18.3 Å². The molecule has 212 valence electrons. The van der Waals surface area contributed by atoms with Crippen LogP contribution in [0.4, 0.5) is 4.79 Å². The minimum absolute atomic E-state index is 0.00648. The Morgan fingerprint density at radius 2 is 1.21 bits per heavy atom. The van der Waals surface area contributed by atoms with Gasteiger partial charge >= 0.3 is 6.16 Å². The van der Waals surface area contributed by atoms with Crippen LogP contribution in [-0.4, -0.2) is 16.9 Å². The lowest BCUT2D eigenvalue weighted by molar-refractivity contribution is 0.0898. The number of para-hydroxylation sites is 1. The summed E-state index contributed by atoms with van der Waals surface area (Å²) in [7, 11) is 0. The van der Waals surface area contributed by atoms with Gasteiger partial charge in [-0.25, -0.2) is 4.79 Å². The van der Waals surface area contributed by atoms with Crippen LogP contribution in [0.5, 0.6) is 5.88 Å². The Morgan fingerprint density at radius 3 is 1.82 bits per heavy atom. The second-order valence-electron chi connectivity index (χ2n) is 10.6. The quantitative estimate of drug-likeness (QED) is 0.0891. The lowest BCUT2D eigenvalue weighted by Crippen LogP contribution is -2.13. The molecule has 0 fully saturated rings. The smallest absolute Gasteiger partial charge is 0.429 e. The van der Waals surface area contributed by atoms with Gasteiger partial charge in [-0.15, -0.1) is 0 Å². The number of hydrogen-bond acceptors (Lipinski definition) is 4. The highest BCUT2D eigenvalue weighted by molar-refractivity contribution is 6.10. The lowest BCUT2D eigenvalue weighted by Gasteiger charge is -2.07. The number of ketones is 1. The molecule has 0 aliphatic carbocycles. The van der Waals surface area contributed by atoms with Gasteiger partial charge in [-0.2, -0.15) is 0 Å². The van der Waals surface area contributed by atoms with Crippen LogP contribution >= 0.6 is 0 Å². The van der Waals surface area contributed by atoms with Crippen molar-refractivity contribution >= 4 is 22.8 Å². The van der Waals surface area contributed by atoms with Gasteiger partial charge in [0.05, 0.1) is 5.56 Å². The number of unbranched alkanes of at least 4 members (excludes halogenated alkanes) is 14. The maximum absolute atomic E-state index is 13.2. The van der Waals surface area contributed by atoms with Crippen LogP contribution < -0.4 is 4.74 Å². The Balaban J connectivity index is 1.33. The monoisotopic (exact) mass is 533 g/mol. The second kappa shape index (κ2) is 18.3. The van der Waals surface area contributed by atoms with E-state index in [4.69, 9.17) is 9.47 Å². The number of fused-ring (bicyclic) bond motifs is 1. The fourth-order valence-corrected chi connectivity index (χ4v) is 5.08. The highest BCUT2D eigenvalue weighted by Crippen LogP contribution is 2.30. The third kappa shape index (κ3) is 11.3. The van der Waals surface area contributed by atoms with Crippen molar-refractivity contribution in [3.8, 4) is 5.88 Å². The van der Waals surface area contributed by atoms with E-state index in [9.17, 15) is 9.59 Å². The van der Waals surface area contributed by atoms with Gasteiger partial charge in [0.25, 0.3) is 0 Å². The SMILES string of the molecule is CCCCCCCCCCCCCCCCCC(=O)c1c(OC(=O)OCc2ccccc2)[nH]c2ccccc12. The Hall–Kier alpha value is -3.08. The number of aromatic nitrogens is 1. The summed E-state index contributed by atoms with van der Waals surface area (Å²) in [6.45, 7) is 2.38. The van der Waals surface area contributed by atoms with Crippen LogP contribution in [0.15, 0.2) is 54.6 Å². The molecule has 0 saturated heterocycles. The van der Waals surface area contributed by atoms with Crippen molar-refractivity contribution in [2.75, 3.05) is 0 Å². The van der Waals surface area contributed by atoms with Crippen molar-refractivity contribution in [3.05, 3.63) is 65.7 Å². The summed E-state index contributed by atoms with van der Waals surface area (Å²) in [6, 6.07) is 17.0. The van der Waals surface area contributed by atoms with E-state index in [1.165, 1.54) is 77.0 Å². The second-order valence-corrected chi connectivity index (χ2v) is 10.6. The molecular weight excluding hydrogens is 486 g/mol. The third-order valence-corrected chi connectivity index (χ3v) is 7.34. The molecule has 0 amide bonds. The fraction of sp³-hybridized carbons (Fsp3) is 0.529. The first-order valence-electron chi connectivity index (χ1n) is 15.2. The van der Waals surface area contributed by atoms with E-state index < -0.39 is 6.16 Å². The Morgan fingerprint density at radius 1 is 0.667 bits per heavy atom. The van der Waals surface area contributed by atoms with Gasteiger partial charge in [0.15, 0.2) is 5.78 Å². The Kier molecular flexibility index (Phi) is 14.3. The zero-order chi connectivity index (χ0) is 27.5. The maximum Gasteiger partial charge on any atom is 0.515 e. The molecule has 0 spiro atoms. The van der Waals surface area contributed by atoms with E-state index in [2.05, 4.69) is 11.9 Å². The average Bonchev–Trinajstić information content (AvgIpc) is 3.32. The molecule has 1 heterocycles. The molecule has 5 nitrogen and oxygen atoms in total. The first-order valence-corrected chi connectivity index (χ1v) is 15.2. The van der Waals surface area contributed by atoms with Gasteiger partial charge in [-0.05, 0) is 18.1 Å². The van der Waals surface area contributed by atoms with Crippen LogP contribution in [0.25, 0.3) is 10.9 Å². The van der Waals surface area contributed by atoms with Gasteiger partial charge in [-0.3, -0.25) is 4.79 Å². The summed E-state index contributed by atoms with van der Waals surface area (Å²) >= 11 is 0. The molecule has 39 heavy (non-hydrogen) atoms. The molecule has 3 aromatic rings. The molecule has 5 heteroatoms. The number of nitrogens with one attached hydrogen (secondary N) is 1. The molecule has 0 radical (unpaired) electrons. The summed E-state index contributed by atoms with van der Waals surface area (Å²) in [5.74, 6) is 0.160. The van der Waals surface area contributed by atoms with E-state index in [0.29, 0.717) is 12.0 Å². The van der Waals surface area contributed by atoms with Crippen LogP contribution in [-0.2, 0) is 11.3 Å². The molecule has 0 aliphatic rings. The third-order valence-electron chi connectivity index (χ3n) is 7.34. The standard InChI is InChI=1S/C34H47NO4/c1-2-3-4-5-6-7-8-9-10-11-12-13-14-15-19-26-31(36)32-29-24-20-21-25-30(29)35-33(32)39-34(37)38-27-28-22-17-16-18-23-28/h16-18,20-25,35H,2-15,19,26-27H2,1H3. The molecule has 1 aromatic heterocycles. The molecule has 0 atom stereocenters. The molecule has 1 N–H and O–H groups in total. The minimum Gasteiger partial charge on any atom is -0.429 e. The van der Waals surface area contributed by atoms with E-state index in [0.717, 1.165) is 35.7 Å². The number of H-pyrrole nitrogens is 1. The first-order chi connectivity index (χ1) is 19.2. The number of Topliss-reactive ketones (excluding diaryl/α,β-unsaturated/α-hetero) is 1. The Bertz CT molecular complexity index is 1100. The van der Waals surface area contributed by atoms with Gasteiger partial charge in [0.2, 0.25) is 5.88 Å². The van der Waals surface area contributed by atoms with Crippen LogP contribution in [0.2, 0.25) is 0 Å². The van der Waals surface area contributed by atoms with E-state index in [1.54, 1.807) is 0 Å². The largest absolute Gasteiger partial charge is 0.515 e. The van der Waals surface area contributed by atoms with Crippen molar-refractivity contribution in [2.24, 2.45) is 0 Å². The van der Waals surface area contributed by atoms with E-state index in [1.807, 2.05) is 54.6 Å². The number of hydrogen-bond donors (Lipinski definition) is 1. The average molecular weight is 534 g/mol. The van der Waals surface area contributed by atoms with Crippen LogP contribution in [0.3, 0.4) is 0 Å². The molecule has 0 aliphatic heterocycles. The molecule has 0 unspecified atom stereocenters. The first kappa shape index (κ1) is 30.5. The summed E-state index contributed by atoms with van der Waals surface area (Å²) < 4.78 is 10.7. The summed E-state index contributed by atoms with van der Waals surface area (Å²) in [6.07, 6.45) is 18.9. The molecule has 2 aromatic carbocycles. The highest BCUT2D eigenvalue weighted by atomic mass is 16.7. The van der Waals surface area contributed by atoms with Crippen molar-refractivity contribution in [1.82, 2.24) is 4.98 Å². The number of ether oxygens (including phenoxy) is 2. The van der Waals surface area contributed by atoms with Crippen molar-refractivity contribution in [2.45, 2.75) is 116 Å². The van der Waals surface area contributed by atoms with E-state index >= 15 is 0 Å². The summed E-state index contributed by atoms with van der Waals surface area (Å²) in [4.78, 5) is 28.6. The molecule has 3 rings (SSSR count). The van der Waals surface area contributed by atoms with Gasteiger partial charge in [0, 0.05) is 17.3 Å². The molecular formula is C34H47NO4. The van der Waals surface area contributed by atoms with Crippen molar-refractivity contribution in [3.63, 3.8) is 0 Å². The Labute approximate surface area is 234 Å². The summed E-state index contributed by atoms with van der Waals surface area (Å²) in [5.41, 5.74) is 2.08. The van der Waals surface area contributed by atoms with Crippen LogP contribution in [0, 0.1) is 0 Å².